The van der Waals surface area contributed by atoms with Gasteiger partial charge < -0.3 is 10.5 Å². The SMILES string of the molecule is N#Cc1ccc(OC2CC(N)C2)c(Cl)c1. The van der Waals surface area contributed by atoms with Gasteiger partial charge in [0.2, 0.25) is 0 Å². The van der Waals surface area contributed by atoms with Crippen molar-refractivity contribution in [3.05, 3.63) is 28.8 Å². The van der Waals surface area contributed by atoms with Gasteiger partial charge in [-0.25, -0.2) is 0 Å². The molecule has 15 heavy (non-hydrogen) atoms. The summed E-state index contributed by atoms with van der Waals surface area (Å²) in [6.07, 6.45) is 1.91. The van der Waals surface area contributed by atoms with Crippen LogP contribution in [0.1, 0.15) is 18.4 Å². The van der Waals surface area contributed by atoms with Crippen molar-refractivity contribution >= 4 is 11.6 Å². The number of rotatable bonds is 2. The van der Waals surface area contributed by atoms with Crippen molar-refractivity contribution < 1.29 is 4.74 Å². The van der Waals surface area contributed by atoms with Gasteiger partial charge in [-0.15, -0.1) is 0 Å². The van der Waals surface area contributed by atoms with Crippen molar-refractivity contribution in [3.8, 4) is 11.8 Å². The molecule has 0 unspecified atom stereocenters. The average molecular weight is 223 g/mol. The first kappa shape index (κ1) is 10.3. The maximum Gasteiger partial charge on any atom is 0.138 e. The molecule has 1 aromatic rings. The summed E-state index contributed by atoms with van der Waals surface area (Å²) in [5.74, 6) is 0.632. The van der Waals surface area contributed by atoms with E-state index in [1.165, 1.54) is 0 Å². The fourth-order valence-corrected chi connectivity index (χ4v) is 1.77. The Kier molecular flexibility index (Phi) is 2.81. The van der Waals surface area contributed by atoms with E-state index in [-0.39, 0.29) is 12.1 Å². The predicted octanol–water partition coefficient (Wildman–Crippen LogP) is 2.08. The molecule has 1 fully saturated rings. The molecule has 2 rings (SSSR count). The van der Waals surface area contributed by atoms with E-state index < -0.39 is 0 Å². The molecule has 0 heterocycles. The van der Waals surface area contributed by atoms with Gasteiger partial charge in [0.1, 0.15) is 11.9 Å². The largest absolute Gasteiger partial charge is 0.489 e. The number of halogens is 1. The maximum absolute atomic E-state index is 8.66. The quantitative estimate of drug-likeness (QED) is 0.834. The highest BCUT2D eigenvalue weighted by molar-refractivity contribution is 6.32. The molecular weight excluding hydrogens is 212 g/mol. The first-order chi connectivity index (χ1) is 7.19. The molecule has 0 radical (unpaired) electrons. The Morgan fingerprint density at radius 1 is 1.47 bits per heavy atom. The van der Waals surface area contributed by atoms with Gasteiger partial charge in [0, 0.05) is 6.04 Å². The van der Waals surface area contributed by atoms with Gasteiger partial charge in [-0.1, -0.05) is 11.6 Å². The van der Waals surface area contributed by atoms with E-state index in [4.69, 9.17) is 27.3 Å². The number of hydrogen-bond donors (Lipinski definition) is 1. The molecule has 1 saturated carbocycles. The third-order valence-electron chi connectivity index (χ3n) is 2.49. The van der Waals surface area contributed by atoms with Crippen LogP contribution in [0.5, 0.6) is 5.75 Å². The highest BCUT2D eigenvalue weighted by Gasteiger charge is 2.28. The molecule has 0 amide bonds. The Morgan fingerprint density at radius 3 is 2.73 bits per heavy atom. The van der Waals surface area contributed by atoms with Gasteiger partial charge in [-0.05, 0) is 31.0 Å². The zero-order valence-electron chi connectivity index (χ0n) is 8.11. The van der Waals surface area contributed by atoms with Crippen molar-refractivity contribution in [2.75, 3.05) is 0 Å². The van der Waals surface area contributed by atoms with E-state index in [1.54, 1.807) is 18.2 Å². The second-order valence-corrected chi connectivity index (χ2v) is 4.14. The van der Waals surface area contributed by atoms with Crippen LogP contribution in [0, 0.1) is 11.3 Å². The minimum atomic E-state index is 0.172. The summed E-state index contributed by atoms with van der Waals surface area (Å²) in [6.45, 7) is 0. The minimum Gasteiger partial charge on any atom is -0.489 e. The van der Waals surface area contributed by atoms with E-state index in [2.05, 4.69) is 0 Å². The van der Waals surface area contributed by atoms with E-state index in [1.807, 2.05) is 6.07 Å². The summed E-state index contributed by atoms with van der Waals surface area (Å²) in [6, 6.07) is 7.31. The van der Waals surface area contributed by atoms with Crippen LogP contribution in [-0.2, 0) is 0 Å². The van der Waals surface area contributed by atoms with E-state index in [0.29, 0.717) is 16.3 Å². The lowest BCUT2D eigenvalue weighted by molar-refractivity contribution is 0.101. The molecule has 1 aliphatic carbocycles. The predicted molar refractivity (Wildman–Crippen MR) is 57.8 cm³/mol. The van der Waals surface area contributed by atoms with Crippen molar-refractivity contribution in [2.45, 2.75) is 25.0 Å². The number of benzene rings is 1. The topological polar surface area (TPSA) is 59.0 Å². The van der Waals surface area contributed by atoms with Crippen LogP contribution in [0.15, 0.2) is 18.2 Å². The molecular formula is C11H11ClN2O. The lowest BCUT2D eigenvalue weighted by atomic mass is 9.90. The molecule has 0 atom stereocenters. The Morgan fingerprint density at radius 2 is 2.20 bits per heavy atom. The van der Waals surface area contributed by atoms with Crippen LogP contribution in [0.25, 0.3) is 0 Å². The van der Waals surface area contributed by atoms with Gasteiger partial charge in [0.25, 0.3) is 0 Å². The number of nitrogens with zero attached hydrogens (tertiary/aromatic N) is 1. The Hall–Kier alpha value is -1.24. The zero-order valence-corrected chi connectivity index (χ0v) is 8.87. The summed E-state index contributed by atoms with van der Waals surface area (Å²) in [5.41, 5.74) is 6.19. The molecule has 0 bridgehead atoms. The van der Waals surface area contributed by atoms with Crippen LogP contribution < -0.4 is 10.5 Å². The molecule has 1 aromatic carbocycles. The van der Waals surface area contributed by atoms with Crippen LogP contribution in [0.4, 0.5) is 0 Å². The Labute approximate surface area is 93.4 Å². The van der Waals surface area contributed by atoms with Crippen LogP contribution >= 0.6 is 11.6 Å². The summed E-state index contributed by atoms with van der Waals surface area (Å²) in [5, 5.41) is 9.14. The van der Waals surface area contributed by atoms with Crippen LogP contribution in [0.3, 0.4) is 0 Å². The molecule has 78 valence electrons. The van der Waals surface area contributed by atoms with Gasteiger partial charge in [0.05, 0.1) is 16.7 Å². The maximum atomic E-state index is 8.66. The zero-order chi connectivity index (χ0) is 10.8. The fourth-order valence-electron chi connectivity index (χ4n) is 1.55. The van der Waals surface area contributed by atoms with Crippen molar-refractivity contribution in [1.82, 2.24) is 0 Å². The third kappa shape index (κ3) is 2.23. The Balaban J connectivity index is 2.06. The number of nitriles is 1. The lowest BCUT2D eigenvalue weighted by Crippen LogP contribution is -2.43. The first-order valence-corrected chi connectivity index (χ1v) is 5.18. The fraction of sp³-hybridized carbons (Fsp3) is 0.364. The molecule has 0 spiro atoms. The van der Waals surface area contributed by atoms with Gasteiger partial charge in [-0.3, -0.25) is 0 Å². The summed E-state index contributed by atoms with van der Waals surface area (Å²) >= 11 is 5.96. The second kappa shape index (κ2) is 4.09. The van der Waals surface area contributed by atoms with Crippen molar-refractivity contribution in [3.63, 3.8) is 0 Å². The van der Waals surface area contributed by atoms with Gasteiger partial charge in [-0.2, -0.15) is 5.26 Å². The molecule has 3 nitrogen and oxygen atoms in total. The summed E-state index contributed by atoms with van der Waals surface area (Å²) < 4.78 is 5.63. The van der Waals surface area contributed by atoms with E-state index >= 15 is 0 Å². The number of nitrogens with two attached hydrogens (primary N) is 1. The summed E-state index contributed by atoms with van der Waals surface area (Å²) in [4.78, 5) is 0. The monoisotopic (exact) mass is 222 g/mol. The highest BCUT2D eigenvalue weighted by Crippen LogP contribution is 2.30. The smallest absolute Gasteiger partial charge is 0.138 e. The molecule has 1 aliphatic rings. The molecule has 4 heteroatoms. The first-order valence-electron chi connectivity index (χ1n) is 4.81. The number of hydrogen-bond acceptors (Lipinski definition) is 3. The standard InChI is InChI=1S/C11H11ClN2O/c12-10-3-7(6-13)1-2-11(10)15-9-4-8(14)5-9/h1-3,8-9H,4-5,14H2. The van der Waals surface area contributed by atoms with E-state index in [9.17, 15) is 0 Å². The highest BCUT2D eigenvalue weighted by atomic mass is 35.5. The average Bonchev–Trinajstić information content (AvgIpc) is 2.18. The van der Waals surface area contributed by atoms with Crippen molar-refractivity contribution in [2.24, 2.45) is 5.73 Å². The molecule has 2 N–H and O–H groups in total. The van der Waals surface area contributed by atoms with Crippen LogP contribution in [-0.4, -0.2) is 12.1 Å². The molecule has 0 saturated heterocycles. The molecule has 0 aromatic heterocycles. The van der Waals surface area contributed by atoms with Crippen molar-refractivity contribution in [1.29, 1.82) is 5.26 Å². The number of ether oxygens (including phenoxy) is 1. The van der Waals surface area contributed by atoms with Gasteiger partial charge in [0.15, 0.2) is 0 Å². The Bertz CT molecular complexity index is 408. The van der Waals surface area contributed by atoms with E-state index in [0.717, 1.165) is 12.8 Å². The molecule has 0 aliphatic heterocycles. The second-order valence-electron chi connectivity index (χ2n) is 3.73. The normalized spacial score (nSPS) is 24.1. The minimum absolute atomic E-state index is 0.172. The summed E-state index contributed by atoms with van der Waals surface area (Å²) in [7, 11) is 0. The van der Waals surface area contributed by atoms with Crippen LogP contribution in [0.2, 0.25) is 5.02 Å². The third-order valence-corrected chi connectivity index (χ3v) is 2.78. The van der Waals surface area contributed by atoms with Gasteiger partial charge >= 0.3 is 0 Å². The lowest BCUT2D eigenvalue weighted by Gasteiger charge is -2.32.